The summed E-state index contributed by atoms with van der Waals surface area (Å²) in [5.74, 6) is 0.194. The monoisotopic (exact) mass is 259 g/mol. The molecule has 0 saturated heterocycles. The van der Waals surface area contributed by atoms with Crippen molar-refractivity contribution in [3.63, 3.8) is 0 Å². The van der Waals surface area contributed by atoms with Gasteiger partial charge in [-0.1, -0.05) is 32.0 Å². The molecule has 0 bridgehead atoms. The van der Waals surface area contributed by atoms with Gasteiger partial charge in [0.05, 0.1) is 5.56 Å². The minimum atomic E-state index is -4.26. The fourth-order valence-corrected chi connectivity index (χ4v) is 1.95. The maximum atomic E-state index is 12.8. The average Bonchev–Trinajstić information content (AvgIpc) is 2.28. The third-order valence-corrected chi connectivity index (χ3v) is 2.81. The van der Waals surface area contributed by atoms with E-state index in [2.05, 4.69) is 12.2 Å². The lowest BCUT2D eigenvalue weighted by atomic mass is 9.96. The van der Waals surface area contributed by atoms with E-state index < -0.39 is 11.7 Å². The Morgan fingerprint density at radius 3 is 2.50 bits per heavy atom. The second-order valence-electron chi connectivity index (χ2n) is 4.67. The molecule has 0 aromatic heterocycles. The number of nitrogens with one attached hydrogen (secondary N) is 1. The van der Waals surface area contributed by atoms with E-state index in [-0.39, 0.29) is 5.92 Å². The van der Waals surface area contributed by atoms with Gasteiger partial charge < -0.3 is 5.32 Å². The Balaban J connectivity index is 2.66. The van der Waals surface area contributed by atoms with Crippen LogP contribution in [0, 0.1) is 5.92 Å². The fraction of sp³-hybridized carbons (Fsp3) is 0.571. The maximum Gasteiger partial charge on any atom is 0.416 e. The number of halogens is 3. The molecule has 0 amide bonds. The van der Waals surface area contributed by atoms with Gasteiger partial charge in [0.2, 0.25) is 0 Å². The number of alkyl halides is 3. The van der Waals surface area contributed by atoms with Crippen LogP contribution in [0.15, 0.2) is 24.3 Å². The molecule has 0 radical (unpaired) electrons. The van der Waals surface area contributed by atoms with Gasteiger partial charge in [0.15, 0.2) is 0 Å². The fourth-order valence-electron chi connectivity index (χ4n) is 1.95. The van der Waals surface area contributed by atoms with Crippen molar-refractivity contribution in [3.8, 4) is 0 Å². The SMILES string of the molecule is CCCNCC(C)Cc1ccccc1C(F)(F)F. The third-order valence-electron chi connectivity index (χ3n) is 2.81. The van der Waals surface area contributed by atoms with Crippen LogP contribution in [0.2, 0.25) is 0 Å². The van der Waals surface area contributed by atoms with Crippen molar-refractivity contribution in [2.45, 2.75) is 32.9 Å². The summed E-state index contributed by atoms with van der Waals surface area (Å²) >= 11 is 0. The normalized spacial score (nSPS) is 13.6. The summed E-state index contributed by atoms with van der Waals surface area (Å²) in [5, 5.41) is 3.23. The van der Waals surface area contributed by atoms with Crippen LogP contribution < -0.4 is 5.32 Å². The van der Waals surface area contributed by atoms with Gasteiger partial charge in [0.1, 0.15) is 0 Å². The molecule has 0 fully saturated rings. The van der Waals surface area contributed by atoms with Crippen LogP contribution in [0.5, 0.6) is 0 Å². The predicted octanol–water partition coefficient (Wildman–Crippen LogP) is 3.88. The molecular weight excluding hydrogens is 239 g/mol. The minimum Gasteiger partial charge on any atom is -0.316 e. The van der Waals surface area contributed by atoms with Crippen molar-refractivity contribution in [3.05, 3.63) is 35.4 Å². The van der Waals surface area contributed by atoms with Crippen molar-refractivity contribution in [1.82, 2.24) is 5.32 Å². The first-order valence-corrected chi connectivity index (χ1v) is 6.31. The summed E-state index contributed by atoms with van der Waals surface area (Å²) in [5.41, 5.74) is -0.122. The number of benzene rings is 1. The number of hydrogen-bond acceptors (Lipinski definition) is 1. The van der Waals surface area contributed by atoms with Crippen molar-refractivity contribution in [2.75, 3.05) is 13.1 Å². The summed E-state index contributed by atoms with van der Waals surface area (Å²) in [6.45, 7) is 5.69. The second-order valence-corrected chi connectivity index (χ2v) is 4.67. The molecule has 1 nitrogen and oxygen atoms in total. The molecule has 1 N–H and O–H groups in total. The summed E-state index contributed by atoms with van der Waals surface area (Å²) in [6, 6.07) is 5.82. The molecule has 1 unspecified atom stereocenters. The summed E-state index contributed by atoms with van der Waals surface area (Å²) < 4.78 is 38.4. The molecule has 0 aliphatic rings. The Hall–Kier alpha value is -1.03. The van der Waals surface area contributed by atoms with E-state index in [9.17, 15) is 13.2 Å². The zero-order chi connectivity index (χ0) is 13.6. The predicted molar refractivity (Wildman–Crippen MR) is 67.5 cm³/mol. The Morgan fingerprint density at radius 2 is 1.89 bits per heavy atom. The molecule has 4 heteroatoms. The topological polar surface area (TPSA) is 12.0 Å². The highest BCUT2D eigenvalue weighted by Crippen LogP contribution is 2.32. The van der Waals surface area contributed by atoms with E-state index in [0.29, 0.717) is 12.0 Å². The highest BCUT2D eigenvalue weighted by molar-refractivity contribution is 5.30. The molecule has 1 aromatic carbocycles. The van der Waals surface area contributed by atoms with Crippen molar-refractivity contribution in [2.24, 2.45) is 5.92 Å². The first-order chi connectivity index (χ1) is 8.45. The number of rotatable bonds is 6. The standard InChI is InChI=1S/C14H20F3N/c1-3-8-18-10-11(2)9-12-6-4-5-7-13(12)14(15,16)17/h4-7,11,18H,3,8-10H2,1-2H3. The lowest BCUT2D eigenvalue weighted by molar-refractivity contribution is -0.138. The van der Waals surface area contributed by atoms with Crippen LogP contribution in [-0.4, -0.2) is 13.1 Å². The van der Waals surface area contributed by atoms with Crippen LogP contribution in [-0.2, 0) is 12.6 Å². The van der Waals surface area contributed by atoms with Crippen LogP contribution in [0.4, 0.5) is 13.2 Å². The van der Waals surface area contributed by atoms with E-state index in [1.54, 1.807) is 12.1 Å². The highest BCUT2D eigenvalue weighted by atomic mass is 19.4. The first-order valence-electron chi connectivity index (χ1n) is 6.31. The molecule has 102 valence electrons. The Labute approximate surface area is 106 Å². The zero-order valence-corrected chi connectivity index (χ0v) is 10.8. The van der Waals surface area contributed by atoms with Gasteiger partial charge in [-0.25, -0.2) is 0 Å². The van der Waals surface area contributed by atoms with Gasteiger partial charge in [0.25, 0.3) is 0 Å². The van der Waals surface area contributed by atoms with Crippen molar-refractivity contribution < 1.29 is 13.2 Å². The van der Waals surface area contributed by atoms with Crippen LogP contribution in [0.1, 0.15) is 31.4 Å². The van der Waals surface area contributed by atoms with E-state index in [0.717, 1.165) is 25.6 Å². The number of hydrogen-bond donors (Lipinski definition) is 1. The zero-order valence-electron chi connectivity index (χ0n) is 10.8. The Kier molecular flexibility index (Phi) is 5.66. The molecule has 1 rings (SSSR count). The molecule has 0 saturated carbocycles. The summed E-state index contributed by atoms with van der Waals surface area (Å²) in [7, 11) is 0. The quantitative estimate of drug-likeness (QED) is 0.764. The average molecular weight is 259 g/mol. The van der Waals surface area contributed by atoms with E-state index in [4.69, 9.17) is 0 Å². The van der Waals surface area contributed by atoms with Gasteiger partial charge in [-0.05, 0) is 43.5 Å². The smallest absolute Gasteiger partial charge is 0.316 e. The van der Waals surface area contributed by atoms with E-state index >= 15 is 0 Å². The highest BCUT2D eigenvalue weighted by Gasteiger charge is 2.32. The van der Waals surface area contributed by atoms with Gasteiger partial charge in [-0.15, -0.1) is 0 Å². The molecule has 1 atom stereocenters. The summed E-state index contributed by atoms with van der Waals surface area (Å²) in [6.07, 6.45) is -2.77. The second kappa shape index (κ2) is 6.78. The Morgan fingerprint density at radius 1 is 1.22 bits per heavy atom. The van der Waals surface area contributed by atoms with Gasteiger partial charge >= 0.3 is 6.18 Å². The van der Waals surface area contributed by atoms with Crippen LogP contribution >= 0.6 is 0 Å². The van der Waals surface area contributed by atoms with Crippen molar-refractivity contribution >= 4 is 0 Å². The molecule has 0 spiro atoms. The van der Waals surface area contributed by atoms with E-state index in [1.807, 2.05) is 6.92 Å². The molecule has 0 heterocycles. The van der Waals surface area contributed by atoms with Crippen molar-refractivity contribution in [1.29, 1.82) is 0 Å². The molecule has 18 heavy (non-hydrogen) atoms. The first kappa shape index (κ1) is 15.0. The molecule has 0 aliphatic carbocycles. The third kappa shape index (κ3) is 4.69. The molecule has 1 aromatic rings. The largest absolute Gasteiger partial charge is 0.416 e. The lowest BCUT2D eigenvalue weighted by Gasteiger charge is -2.16. The molecule has 0 aliphatic heterocycles. The van der Waals surface area contributed by atoms with Gasteiger partial charge in [0, 0.05) is 0 Å². The van der Waals surface area contributed by atoms with Gasteiger partial charge in [-0.3, -0.25) is 0 Å². The van der Waals surface area contributed by atoms with Crippen LogP contribution in [0.3, 0.4) is 0 Å². The minimum absolute atomic E-state index is 0.194. The van der Waals surface area contributed by atoms with Crippen LogP contribution in [0.25, 0.3) is 0 Å². The maximum absolute atomic E-state index is 12.8. The van der Waals surface area contributed by atoms with E-state index in [1.165, 1.54) is 6.07 Å². The lowest BCUT2D eigenvalue weighted by Crippen LogP contribution is -2.23. The molecular formula is C14H20F3N. The van der Waals surface area contributed by atoms with Gasteiger partial charge in [-0.2, -0.15) is 13.2 Å². The summed E-state index contributed by atoms with van der Waals surface area (Å²) in [4.78, 5) is 0. The Bertz CT molecular complexity index is 360.